The van der Waals surface area contributed by atoms with E-state index in [1.807, 2.05) is 11.3 Å². The molecule has 0 spiro atoms. The normalized spacial score (nSPS) is 11.7. The number of hydrogen-bond acceptors (Lipinski definition) is 1. The van der Waals surface area contributed by atoms with Crippen molar-refractivity contribution in [2.75, 3.05) is 0 Å². The minimum absolute atomic E-state index is 0.407. The van der Waals surface area contributed by atoms with Crippen LogP contribution in [0.5, 0.6) is 0 Å². The molecule has 0 unspecified atom stereocenters. The van der Waals surface area contributed by atoms with Gasteiger partial charge in [0.25, 0.3) is 0 Å². The fourth-order valence-electron chi connectivity index (χ4n) is 3.20. The van der Waals surface area contributed by atoms with E-state index in [0.717, 1.165) is 0 Å². The standard InChI is InChI=1S/C21H14SSe/c1-13-7-17-8-16-11-21-18(9-15(16)10-19(17)22-13)12-20(23-21)14-5-3-2-4-6-14/h2-12H,1H3. The maximum absolute atomic E-state index is 2.41. The summed E-state index contributed by atoms with van der Waals surface area (Å²) in [5, 5.41) is 5.52. The van der Waals surface area contributed by atoms with Crippen molar-refractivity contribution in [3.8, 4) is 10.0 Å². The summed E-state index contributed by atoms with van der Waals surface area (Å²) < 4.78 is 4.39. The Kier molecular flexibility index (Phi) is 2.99. The van der Waals surface area contributed by atoms with Gasteiger partial charge in [0.05, 0.1) is 0 Å². The molecule has 0 bridgehead atoms. The molecule has 0 saturated heterocycles. The third-order valence-corrected chi connectivity index (χ3v) is 7.71. The summed E-state index contributed by atoms with van der Waals surface area (Å²) >= 11 is 2.29. The van der Waals surface area contributed by atoms with Crippen molar-refractivity contribution < 1.29 is 0 Å². The number of hydrogen-bond donors (Lipinski definition) is 0. The van der Waals surface area contributed by atoms with Crippen molar-refractivity contribution >= 4 is 56.3 Å². The van der Waals surface area contributed by atoms with E-state index in [4.69, 9.17) is 0 Å². The van der Waals surface area contributed by atoms with E-state index in [9.17, 15) is 0 Å². The number of aryl methyl sites for hydroxylation is 1. The molecule has 5 rings (SSSR count). The average molecular weight is 377 g/mol. The first-order chi connectivity index (χ1) is 11.3. The molecule has 23 heavy (non-hydrogen) atoms. The molecule has 0 aliphatic heterocycles. The summed E-state index contributed by atoms with van der Waals surface area (Å²) in [5.74, 6) is 0. The van der Waals surface area contributed by atoms with Gasteiger partial charge in [0.1, 0.15) is 0 Å². The zero-order valence-corrected chi connectivity index (χ0v) is 15.2. The Balaban J connectivity index is 1.77. The molecule has 0 saturated carbocycles. The van der Waals surface area contributed by atoms with Gasteiger partial charge in [0.2, 0.25) is 0 Å². The SMILES string of the molecule is Cc1cc2cc3cc4[se]c(-c5ccccc5)cc4cc3cc2s1. The number of fused-ring (bicyclic) bond motifs is 3. The van der Waals surface area contributed by atoms with Gasteiger partial charge in [-0.3, -0.25) is 0 Å². The van der Waals surface area contributed by atoms with Gasteiger partial charge in [-0.05, 0) is 0 Å². The summed E-state index contributed by atoms with van der Waals surface area (Å²) in [6.07, 6.45) is 0. The van der Waals surface area contributed by atoms with Gasteiger partial charge in [-0.25, -0.2) is 0 Å². The van der Waals surface area contributed by atoms with Gasteiger partial charge in [-0.2, -0.15) is 0 Å². The predicted molar refractivity (Wildman–Crippen MR) is 104 cm³/mol. The van der Waals surface area contributed by atoms with Gasteiger partial charge >= 0.3 is 145 Å². The Morgan fingerprint density at radius 1 is 0.739 bits per heavy atom. The van der Waals surface area contributed by atoms with Crippen LogP contribution >= 0.6 is 11.3 Å². The molecule has 0 N–H and O–H groups in total. The molecule has 0 aliphatic carbocycles. The van der Waals surface area contributed by atoms with Crippen molar-refractivity contribution in [2.45, 2.75) is 6.92 Å². The van der Waals surface area contributed by atoms with Crippen molar-refractivity contribution in [3.05, 3.63) is 71.6 Å². The van der Waals surface area contributed by atoms with Crippen LogP contribution in [0.4, 0.5) is 0 Å². The molecule has 2 aromatic heterocycles. The Hall–Kier alpha value is -1.86. The Labute approximate surface area is 144 Å². The quantitative estimate of drug-likeness (QED) is 0.303. The molecule has 0 atom stereocenters. The summed E-state index contributed by atoms with van der Waals surface area (Å²) in [6, 6.07) is 24.9. The molecular formula is C21H14SSe. The molecule has 0 radical (unpaired) electrons. The molecule has 3 aromatic carbocycles. The Morgan fingerprint density at radius 2 is 1.52 bits per heavy atom. The molecule has 0 nitrogen and oxygen atoms in total. The van der Waals surface area contributed by atoms with E-state index in [1.54, 1.807) is 0 Å². The summed E-state index contributed by atoms with van der Waals surface area (Å²) in [5.41, 5.74) is 1.37. The van der Waals surface area contributed by atoms with Crippen molar-refractivity contribution in [1.29, 1.82) is 0 Å². The van der Waals surface area contributed by atoms with Gasteiger partial charge < -0.3 is 0 Å². The number of rotatable bonds is 1. The second-order valence-electron chi connectivity index (χ2n) is 5.96. The molecule has 0 aliphatic rings. The van der Waals surface area contributed by atoms with Crippen LogP contribution in [0.1, 0.15) is 4.88 Å². The van der Waals surface area contributed by atoms with Crippen LogP contribution < -0.4 is 0 Å². The van der Waals surface area contributed by atoms with Crippen LogP contribution in [0.2, 0.25) is 0 Å². The van der Waals surface area contributed by atoms with Gasteiger partial charge in [-0.15, -0.1) is 0 Å². The first kappa shape index (κ1) is 13.6. The fourth-order valence-corrected chi connectivity index (χ4v) is 6.46. The molecule has 2 heteroatoms. The van der Waals surface area contributed by atoms with E-state index in [1.165, 1.54) is 45.4 Å². The Morgan fingerprint density at radius 3 is 2.39 bits per heavy atom. The first-order valence-electron chi connectivity index (χ1n) is 7.69. The van der Waals surface area contributed by atoms with Crippen LogP contribution in [0.15, 0.2) is 66.7 Å². The topological polar surface area (TPSA) is 0 Å². The average Bonchev–Trinajstić information content (AvgIpc) is 3.12. The molecule has 0 fully saturated rings. The summed E-state index contributed by atoms with van der Waals surface area (Å²) in [7, 11) is 0. The third kappa shape index (κ3) is 2.26. The predicted octanol–water partition coefficient (Wildman–Crippen LogP) is 6.24. The zero-order valence-electron chi connectivity index (χ0n) is 12.7. The van der Waals surface area contributed by atoms with E-state index in [2.05, 4.69) is 73.7 Å². The summed E-state index contributed by atoms with van der Waals surface area (Å²) in [4.78, 5) is 1.39. The Bertz CT molecular complexity index is 1090. The van der Waals surface area contributed by atoms with E-state index in [0.29, 0.717) is 14.5 Å². The van der Waals surface area contributed by atoms with Crippen LogP contribution in [-0.2, 0) is 0 Å². The monoisotopic (exact) mass is 378 g/mol. The third-order valence-electron chi connectivity index (χ3n) is 4.29. The van der Waals surface area contributed by atoms with Crippen molar-refractivity contribution in [1.82, 2.24) is 0 Å². The molecule has 110 valence electrons. The maximum atomic E-state index is 2.41. The van der Waals surface area contributed by atoms with Crippen LogP contribution in [0, 0.1) is 6.92 Å². The van der Waals surface area contributed by atoms with Crippen molar-refractivity contribution in [2.24, 2.45) is 0 Å². The van der Waals surface area contributed by atoms with E-state index >= 15 is 0 Å². The van der Waals surface area contributed by atoms with E-state index < -0.39 is 0 Å². The second kappa shape index (κ2) is 5.07. The van der Waals surface area contributed by atoms with Gasteiger partial charge in [0, 0.05) is 0 Å². The molecular weight excluding hydrogens is 363 g/mol. The molecule has 0 amide bonds. The van der Waals surface area contributed by atoms with Gasteiger partial charge in [0.15, 0.2) is 0 Å². The van der Waals surface area contributed by atoms with Crippen LogP contribution in [0.25, 0.3) is 40.5 Å². The zero-order chi connectivity index (χ0) is 15.4. The number of benzene rings is 3. The minimum atomic E-state index is 0.407. The van der Waals surface area contributed by atoms with Crippen LogP contribution in [-0.4, -0.2) is 14.5 Å². The molecule has 2 heterocycles. The molecule has 5 aromatic rings. The van der Waals surface area contributed by atoms with Crippen molar-refractivity contribution in [3.63, 3.8) is 0 Å². The van der Waals surface area contributed by atoms with Gasteiger partial charge in [-0.1, -0.05) is 0 Å². The summed E-state index contributed by atoms with van der Waals surface area (Å²) in [6.45, 7) is 2.19. The first-order valence-corrected chi connectivity index (χ1v) is 10.2. The van der Waals surface area contributed by atoms with E-state index in [-0.39, 0.29) is 0 Å². The van der Waals surface area contributed by atoms with Crippen LogP contribution in [0.3, 0.4) is 0 Å². The fraction of sp³-hybridized carbons (Fsp3) is 0.0476. The number of thiophene rings is 1. The second-order valence-corrected chi connectivity index (χ2v) is 9.52.